The molecule has 3 rings (SSSR count). The van der Waals surface area contributed by atoms with E-state index in [9.17, 15) is 45.0 Å². The molecule has 3 aromatic rings. The number of hydrogen-bond donors (Lipinski definition) is 1. The smallest absolute Gasteiger partial charge is 0.226 e. The van der Waals surface area contributed by atoms with Gasteiger partial charge in [0.1, 0.15) is 11.3 Å². The van der Waals surface area contributed by atoms with Gasteiger partial charge in [0, 0.05) is 22.6 Å². The van der Waals surface area contributed by atoms with Crippen LogP contribution in [-0.2, 0) is 17.1 Å². The minimum Gasteiger partial charge on any atom is -0.493 e. The van der Waals surface area contributed by atoms with Crippen molar-refractivity contribution in [3.05, 3.63) is 75.5 Å². The van der Waals surface area contributed by atoms with Gasteiger partial charge in [-0.2, -0.15) is 9.78 Å². The second-order valence-electron chi connectivity index (χ2n) is 5.70. The Morgan fingerprint density at radius 1 is 0.833 bits per heavy atom. The first-order valence-electron chi connectivity index (χ1n) is 7.47. The Bertz CT molecular complexity index is 1140. The summed E-state index contributed by atoms with van der Waals surface area (Å²) in [5.74, 6) is -19.9. The Morgan fingerprint density at radius 3 is 1.73 bits per heavy atom. The summed E-state index contributed by atoms with van der Waals surface area (Å²) in [5.41, 5.74) is -3.84. The molecule has 0 aliphatic carbocycles. The molecule has 0 spiro atoms. The van der Waals surface area contributed by atoms with Gasteiger partial charge in [-0.3, -0.25) is 4.79 Å². The van der Waals surface area contributed by atoms with Gasteiger partial charge in [-0.15, -0.1) is 0 Å². The molecule has 0 aliphatic rings. The van der Waals surface area contributed by atoms with Crippen molar-refractivity contribution in [1.29, 1.82) is 0 Å². The standard InChI is InChI=1S/C17H6F8N2O2.Cu/c1-4-8(16(28)5-2-6(18)9(20)7(19)3-5)17(29)27(26-4)15-13(24)11(22)10(21)12(23)14(15)25;/h2-3,29H,1H3;. The summed E-state index contributed by atoms with van der Waals surface area (Å²) in [7, 11) is 0. The van der Waals surface area contributed by atoms with Crippen LogP contribution in [0.15, 0.2) is 12.1 Å². The maximum absolute atomic E-state index is 14.0. The van der Waals surface area contributed by atoms with Crippen LogP contribution in [0, 0.1) is 53.5 Å². The maximum Gasteiger partial charge on any atom is 0.226 e. The molecule has 0 aliphatic heterocycles. The molecule has 0 bridgehead atoms. The zero-order valence-electron chi connectivity index (χ0n) is 14.2. The third-order valence-corrected chi connectivity index (χ3v) is 3.91. The van der Waals surface area contributed by atoms with Crippen molar-refractivity contribution in [2.24, 2.45) is 0 Å². The Morgan fingerprint density at radius 2 is 1.27 bits per heavy atom. The number of halogens is 8. The van der Waals surface area contributed by atoms with E-state index in [-0.39, 0.29) is 33.9 Å². The van der Waals surface area contributed by atoms with E-state index in [1.807, 2.05) is 0 Å². The van der Waals surface area contributed by atoms with Crippen LogP contribution < -0.4 is 0 Å². The van der Waals surface area contributed by atoms with E-state index in [1.165, 1.54) is 0 Å². The molecule has 13 heteroatoms. The zero-order chi connectivity index (χ0) is 21.8. The summed E-state index contributed by atoms with van der Waals surface area (Å²) in [6.45, 7) is 1.01. The van der Waals surface area contributed by atoms with Gasteiger partial charge < -0.3 is 5.11 Å². The normalized spacial score (nSPS) is 10.8. The van der Waals surface area contributed by atoms with Gasteiger partial charge in [-0.25, -0.2) is 35.1 Å². The summed E-state index contributed by atoms with van der Waals surface area (Å²) in [5, 5.41) is 13.5. The van der Waals surface area contributed by atoms with Crippen molar-refractivity contribution in [3.63, 3.8) is 0 Å². The van der Waals surface area contributed by atoms with E-state index >= 15 is 0 Å². The molecule has 0 saturated carbocycles. The Balaban J connectivity index is 0.00000320. The van der Waals surface area contributed by atoms with E-state index < -0.39 is 80.7 Å². The molecule has 0 unspecified atom stereocenters. The Hall–Kier alpha value is -2.92. The van der Waals surface area contributed by atoms with Crippen LogP contribution in [0.4, 0.5) is 35.1 Å². The van der Waals surface area contributed by atoms with Crippen LogP contribution in [0.2, 0.25) is 0 Å². The molecule has 1 radical (unpaired) electrons. The molecule has 0 amide bonds. The van der Waals surface area contributed by atoms with Gasteiger partial charge in [0.2, 0.25) is 17.5 Å². The quantitative estimate of drug-likeness (QED) is 0.199. The number of aromatic nitrogens is 2. The first-order valence-corrected chi connectivity index (χ1v) is 7.47. The number of nitrogens with zero attached hydrogens (tertiary/aromatic N) is 2. The fraction of sp³-hybridized carbons (Fsp3) is 0.0588. The molecule has 0 fully saturated rings. The fourth-order valence-electron chi connectivity index (χ4n) is 2.55. The molecular formula is C17H6CuF8N2O2. The van der Waals surface area contributed by atoms with Gasteiger partial charge in [-0.1, -0.05) is 0 Å². The summed E-state index contributed by atoms with van der Waals surface area (Å²) >= 11 is 0. The minimum atomic E-state index is -2.46. The molecule has 163 valence electrons. The number of ketones is 1. The van der Waals surface area contributed by atoms with Crippen LogP contribution in [0.25, 0.3) is 5.69 Å². The van der Waals surface area contributed by atoms with E-state index in [4.69, 9.17) is 0 Å². The third kappa shape index (κ3) is 3.43. The molecule has 2 aromatic carbocycles. The predicted molar refractivity (Wildman–Crippen MR) is 79.5 cm³/mol. The number of aryl methyl sites for hydroxylation is 1. The van der Waals surface area contributed by atoms with Crippen LogP contribution in [0.3, 0.4) is 0 Å². The van der Waals surface area contributed by atoms with Gasteiger partial charge in [0.05, 0.1) is 5.69 Å². The number of hydrogen-bond acceptors (Lipinski definition) is 3. The van der Waals surface area contributed by atoms with E-state index in [0.29, 0.717) is 0 Å². The Labute approximate surface area is 172 Å². The molecule has 0 saturated heterocycles. The van der Waals surface area contributed by atoms with Crippen molar-refractivity contribution in [2.75, 3.05) is 0 Å². The van der Waals surface area contributed by atoms with Crippen molar-refractivity contribution in [3.8, 4) is 11.6 Å². The van der Waals surface area contributed by atoms with E-state index in [0.717, 1.165) is 6.92 Å². The SMILES string of the molecule is Cc1nn(-c2c(F)c(F)c(F)c(F)c2F)c(O)c1C(=O)c1cc(F)c(F)c(F)c1.[Cu]. The van der Waals surface area contributed by atoms with Crippen LogP contribution >= 0.6 is 0 Å². The molecule has 1 heterocycles. The molecule has 4 nitrogen and oxygen atoms in total. The molecule has 1 aromatic heterocycles. The Kier molecular flexibility index (Phi) is 6.29. The second-order valence-corrected chi connectivity index (χ2v) is 5.70. The molecule has 30 heavy (non-hydrogen) atoms. The first-order chi connectivity index (χ1) is 13.5. The zero-order valence-corrected chi connectivity index (χ0v) is 15.2. The summed E-state index contributed by atoms with van der Waals surface area (Å²) in [6, 6.07) is 0.574. The van der Waals surface area contributed by atoms with E-state index in [2.05, 4.69) is 5.10 Å². The number of benzene rings is 2. The topological polar surface area (TPSA) is 55.1 Å². The van der Waals surface area contributed by atoms with Gasteiger partial charge in [-0.05, 0) is 19.1 Å². The summed E-state index contributed by atoms with van der Waals surface area (Å²) < 4.78 is 108. The molecule has 1 N–H and O–H groups in total. The predicted octanol–water partition coefficient (Wildman–Crippen LogP) is 4.23. The number of carbonyl (C=O) groups is 1. The van der Waals surface area contributed by atoms with Gasteiger partial charge in [0.25, 0.3) is 0 Å². The van der Waals surface area contributed by atoms with Crippen LogP contribution in [-0.4, -0.2) is 20.7 Å². The fourth-order valence-corrected chi connectivity index (χ4v) is 2.55. The third-order valence-electron chi connectivity index (χ3n) is 3.91. The summed E-state index contributed by atoms with van der Waals surface area (Å²) in [4.78, 5) is 12.4. The van der Waals surface area contributed by atoms with Gasteiger partial charge in [0.15, 0.2) is 40.7 Å². The average Bonchev–Trinajstić information content (AvgIpc) is 2.96. The summed E-state index contributed by atoms with van der Waals surface area (Å²) in [6.07, 6.45) is 0. The molecular weight excluding hydrogens is 480 g/mol. The average molecular weight is 486 g/mol. The second kappa shape index (κ2) is 8.07. The maximum atomic E-state index is 14.0. The molecule has 0 atom stereocenters. The van der Waals surface area contributed by atoms with Gasteiger partial charge >= 0.3 is 0 Å². The minimum absolute atomic E-state index is 0. The largest absolute Gasteiger partial charge is 0.493 e. The van der Waals surface area contributed by atoms with Crippen molar-refractivity contribution >= 4 is 5.78 Å². The van der Waals surface area contributed by atoms with Crippen molar-refractivity contribution < 1.29 is 62.1 Å². The van der Waals surface area contributed by atoms with Crippen LogP contribution in [0.1, 0.15) is 21.6 Å². The number of carbonyl (C=O) groups excluding carboxylic acids is 1. The van der Waals surface area contributed by atoms with Crippen molar-refractivity contribution in [2.45, 2.75) is 6.92 Å². The monoisotopic (exact) mass is 485 g/mol. The number of aromatic hydroxyl groups is 1. The van der Waals surface area contributed by atoms with E-state index in [1.54, 1.807) is 0 Å². The van der Waals surface area contributed by atoms with Crippen molar-refractivity contribution in [1.82, 2.24) is 9.78 Å². The number of rotatable bonds is 3. The van der Waals surface area contributed by atoms with Crippen LogP contribution in [0.5, 0.6) is 5.88 Å². The first kappa shape index (κ1) is 23.4.